The van der Waals surface area contributed by atoms with Crippen molar-refractivity contribution in [3.63, 3.8) is 0 Å². The van der Waals surface area contributed by atoms with Gasteiger partial charge in [0.15, 0.2) is 0 Å². The van der Waals surface area contributed by atoms with Crippen molar-refractivity contribution in [2.24, 2.45) is 11.3 Å². The molecule has 0 spiro atoms. The summed E-state index contributed by atoms with van der Waals surface area (Å²) >= 11 is 0. The fraction of sp³-hybridized carbons (Fsp3) is 1.00. The van der Waals surface area contributed by atoms with E-state index in [-0.39, 0.29) is 5.41 Å². The van der Waals surface area contributed by atoms with Crippen LogP contribution in [0.5, 0.6) is 0 Å². The van der Waals surface area contributed by atoms with Crippen LogP contribution in [0.2, 0.25) is 0 Å². The van der Waals surface area contributed by atoms with Gasteiger partial charge in [-0.2, -0.15) is 0 Å². The molecule has 0 aromatic carbocycles. The van der Waals surface area contributed by atoms with Gasteiger partial charge < -0.3 is 5.32 Å². The predicted molar refractivity (Wildman–Crippen MR) is 76.7 cm³/mol. The first kappa shape index (κ1) is 15.2. The lowest BCUT2D eigenvalue weighted by Crippen LogP contribution is -2.53. The Morgan fingerprint density at radius 3 is 2.59 bits per heavy atom. The van der Waals surface area contributed by atoms with Crippen LogP contribution in [0.15, 0.2) is 0 Å². The summed E-state index contributed by atoms with van der Waals surface area (Å²) in [5.41, 5.74) is 0.283. The zero-order chi connectivity index (χ0) is 13.1. The molecule has 0 aromatic heterocycles. The monoisotopic (exact) mass is 259 g/mol. The molecule has 0 heterocycles. The number of rotatable bonds is 5. The molecule has 3 unspecified atom stereocenters. The fourth-order valence-corrected chi connectivity index (χ4v) is 5.19. The van der Waals surface area contributed by atoms with E-state index in [1.807, 2.05) is 7.05 Å². The molecule has 0 aromatic rings. The molecule has 3 atom stereocenters. The number of hydrogen-bond donors (Lipinski definition) is 1. The Labute approximate surface area is 109 Å². The highest BCUT2D eigenvalue weighted by atomic mass is 32.2. The van der Waals surface area contributed by atoms with Crippen molar-refractivity contribution >= 4 is 10.8 Å². The van der Waals surface area contributed by atoms with E-state index in [1.165, 1.54) is 12.8 Å². The van der Waals surface area contributed by atoms with E-state index in [2.05, 4.69) is 33.0 Å². The molecule has 1 aliphatic carbocycles. The van der Waals surface area contributed by atoms with Gasteiger partial charge in [-0.05, 0) is 37.6 Å². The van der Waals surface area contributed by atoms with E-state index in [0.717, 1.165) is 18.6 Å². The molecule has 102 valence electrons. The van der Waals surface area contributed by atoms with Crippen LogP contribution in [-0.4, -0.2) is 28.3 Å². The second-order valence-corrected chi connectivity index (χ2v) is 8.23. The molecular weight excluding hydrogens is 230 g/mol. The molecular formula is C14H29NOS. The smallest absolute Gasteiger partial charge is 0.0506 e. The van der Waals surface area contributed by atoms with Gasteiger partial charge in [0.1, 0.15) is 0 Å². The first-order valence-corrected chi connectivity index (χ1v) is 8.31. The first-order valence-electron chi connectivity index (χ1n) is 6.93. The molecule has 0 radical (unpaired) electrons. The van der Waals surface area contributed by atoms with E-state index in [9.17, 15) is 4.21 Å². The first-order chi connectivity index (χ1) is 7.88. The van der Waals surface area contributed by atoms with Crippen LogP contribution >= 0.6 is 0 Å². The third-order valence-electron chi connectivity index (χ3n) is 4.07. The van der Waals surface area contributed by atoms with Gasteiger partial charge in [-0.3, -0.25) is 4.21 Å². The predicted octanol–water partition coefficient (Wildman–Crippen LogP) is 2.95. The maximum Gasteiger partial charge on any atom is 0.0506 e. The average molecular weight is 259 g/mol. The van der Waals surface area contributed by atoms with Gasteiger partial charge in [-0.15, -0.1) is 0 Å². The number of hydrogen-bond acceptors (Lipinski definition) is 2. The Morgan fingerprint density at radius 1 is 1.41 bits per heavy atom. The van der Waals surface area contributed by atoms with E-state index >= 15 is 0 Å². The van der Waals surface area contributed by atoms with Crippen molar-refractivity contribution in [3.8, 4) is 0 Å². The molecule has 0 amide bonds. The van der Waals surface area contributed by atoms with Gasteiger partial charge in [-0.25, -0.2) is 0 Å². The summed E-state index contributed by atoms with van der Waals surface area (Å²) in [6, 6.07) is 0.407. The second kappa shape index (κ2) is 6.33. The molecule has 1 rings (SSSR count). The third-order valence-corrected chi connectivity index (χ3v) is 5.89. The van der Waals surface area contributed by atoms with Crippen LogP contribution in [0.3, 0.4) is 0 Å². The minimum Gasteiger partial charge on any atom is -0.315 e. The van der Waals surface area contributed by atoms with Gasteiger partial charge in [0.2, 0.25) is 0 Å². The molecule has 0 bridgehead atoms. The van der Waals surface area contributed by atoms with Gasteiger partial charge in [0, 0.05) is 22.6 Å². The van der Waals surface area contributed by atoms with Crippen molar-refractivity contribution in [3.05, 3.63) is 0 Å². The summed E-state index contributed by atoms with van der Waals surface area (Å²) in [5, 5.41) is 3.77. The quantitative estimate of drug-likeness (QED) is 0.822. The van der Waals surface area contributed by atoms with Crippen LogP contribution in [0.25, 0.3) is 0 Å². The van der Waals surface area contributed by atoms with Crippen molar-refractivity contribution in [1.82, 2.24) is 5.32 Å². The Hall–Kier alpha value is 0.110. The normalized spacial score (nSPS) is 30.5. The molecule has 1 saturated carbocycles. The minimum atomic E-state index is -0.666. The molecule has 2 nitrogen and oxygen atoms in total. The maximum absolute atomic E-state index is 12.4. The van der Waals surface area contributed by atoms with Gasteiger partial charge in [0.25, 0.3) is 0 Å². The Balaban J connectivity index is 2.64. The molecule has 1 fully saturated rings. The molecule has 17 heavy (non-hydrogen) atoms. The van der Waals surface area contributed by atoms with E-state index in [1.54, 1.807) is 0 Å². The highest BCUT2D eigenvalue weighted by Crippen LogP contribution is 2.37. The molecule has 3 heteroatoms. The van der Waals surface area contributed by atoms with Crippen LogP contribution in [-0.2, 0) is 10.8 Å². The third kappa shape index (κ3) is 4.06. The highest BCUT2D eigenvalue weighted by molar-refractivity contribution is 7.85. The Kier molecular flexibility index (Phi) is 5.65. The summed E-state index contributed by atoms with van der Waals surface area (Å²) in [7, 11) is 1.35. The Morgan fingerprint density at radius 2 is 2.06 bits per heavy atom. The summed E-state index contributed by atoms with van der Waals surface area (Å²) in [5.74, 6) is 1.53. The van der Waals surface area contributed by atoms with E-state index in [0.29, 0.717) is 17.2 Å². The highest BCUT2D eigenvalue weighted by Gasteiger charge is 2.40. The van der Waals surface area contributed by atoms with Crippen molar-refractivity contribution < 1.29 is 4.21 Å². The van der Waals surface area contributed by atoms with Crippen LogP contribution in [0.1, 0.15) is 53.4 Å². The SMILES string of the molecule is CNC1C(S(=O)CCC(C)C)CCCC1(C)C. The minimum absolute atomic E-state index is 0.283. The van der Waals surface area contributed by atoms with Crippen molar-refractivity contribution in [1.29, 1.82) is 0 Å². The Bertz CT molecular complexity index is 263. The van der Waals surface area contributed by atoms with Gasteiger partial charge >= 0.3 is 0 Å². The molecule has 0 saturated heterocycles. The van der Waals surface area contributed by atoms with Gasteiger partial charge in [-0.1, -0.05) is 34.1 Å². The standard InChI is InChI=1S/C14H29NOS/c1-11(2)8-10-17(16)12-7-6-9-14(3,4)13(12)15-5/h11-13,15H,6-10H2,1-5H3. The lowest BCUT2D eigenvalue weighted by atomic mass is 9.73. The molecule has 1 aliphatic rings. The van der Waals surface area contributed by atoms with Crippen molar-refractivity contribution in [2.75, 3.05) is 12.8 Å². The summed E-state index contributed by atoms with van der Waals surface area (Å²) in [6.45, 7) is 9.02. The van der Waals surface area contributed by atoms with Gasteiger partial charge in [0.05, 0.1) is 5.25 Å². The zero-order valence-corrected chi connectivity index (χ0v) is 12.9. The van der Waals surface area contributed by atoms with Crippen LogP contribution in [0.4, 0.5) is 0 Å². The zero-order valence-electron chi connectivity index (χ0n) is 12.1. The summed E-state index contributed by atoms with van der Waals surface area (Å²) in [6.07, 6.45) is 4.68. The number of nitrogens with one attached hydrogen (secondary N) is 1. The van der Waals surface area contributed by atoms with E-state index < -0.39 is 10.8 Å². The van der Waals surface area contributed by atoms with Crippen LogP contribution < -0.4 is 5.32 Å². The lowest BCUT2D eigenvalue weighted by molar-refractivity contribution is 0.180. The second-order valence-electron chi connectivity index (χ2n) is 6.45. The topological polar surface area (TPSA) is 29.1 Å². The largest absolute Gasteiger partial charge is 0.315 e. The fourth-order valence-electron chi connectivity index (χ4n) is 2.95. The molecule has 0 aliphatic heterocycles. The van der Waals surface area contributed by atoms with Crippen LogP contribution in [0, 0.1) is 11.3 Å². The average Bonchev–Trinajstić information content (AvgIpc) is 2.24. The maximum atomic E-state index is 12.4. The van der Waals surface area contributed by atoms with Crippen molar-refractivity contribution in [2.45, 2.75) is 64.7 Å². The summed E-state index contributed by atoms with van der Waals surface area (Å²) < 4.78 is 12.4. The summed E-state index contributed by atoms with van der Waals surface area (Å²) in [4.78, 5) is 0. The lowest BCUT2D eigenvalue weighted by Gasteiger charge is -2.43. The van der Waals surface area contributed by atoms with E-state index in [4.69, 9.17) is 0 Å². The molecule has 1 N–H and O–H groups in total.